The molecule has 27 heavy (non-hydrogen) atoms. The van der Waals surface area contributed by atoms with Crippen molar-refractivity contribution in [2.75, 3.05) is 19.6 Å². The molecule has 142 valence electrons. The Labute approximate surface area is 172 Å². The molecule has 1 amide bonds. The molecule has 0 bridgehead atoms. The van der Waals surface area contributed by atoms with Crippen LogP contribution in [0.2, 0.25) is 0 Å². The first-order chi connectivity index (χ1) is 13.1. The Balaban J connectivity index is 1.68. The summed E-state index contributed by atoms with van der Waals surface area (Å²) in [7, 11) is 0. The van der Waals surface area contributed by atoms with Gasteiger partial charge in [-0.1, -0.05) is 29.8 Å². The number of thiophene rings is 1. The van der Waals surface area contributed by atoms with Crippen LogP contribution in [0.25, 0.3) is 5.69 Å². The van der Waals surface area contributed by atoms with Crippen molar-refractivity contribution >= 4 is 33.2 Å². The minimum Gasteiger partial charge on any atom is -0.350 e. The molecule has 0 aliphatic heterocycles. The van der Waals surface area contributed by atoms with E-state index in [9.17, 15) is 4.79 Å². The molecule has 1 atom stereocenters. The fraction of sp³-hybridized carbons (Fsp3) is 0.300. The van der Waals surface area contributed by atoms with E-state index in [1.165, 1.54) is 5.56 Å². The summed E-state index contributed by atoms with van der Waals surface area (Å²) in [4.78, 5) is 15.0. The second-order valence-electron chi connectivity index (χ2n) is 6.15. The Kier molecular flexibility index (Phi) is 6.82. The van der Waals surface area contributed by atoms with Crippen molar-refractivity contribution in [3.8, 4) is 5.69 Å². The molecule has 0 fully saturated rings. The Hall–Kier alpha value is -1.96. The molecule has 5 nitrogen and oxygen atoms in total. The maximum atomic E-state index is 12.6. The third-order valence-corrected chi connectivity index (χ3v) is 5.80. The lowest BCUT2D eigenvalue weighted by atomic mass is 10.1. The first-order valence-electron chi connectivity index (χ1n) is 8.97. The summed E-state index contributed by atoms with van der Waals surface area (Å²) in [5.74, 6) is -0.106. The normalized spacial score (nSPS) is 12.3. The van der Waals surface area contributed by atoms with Gasteiger partial charge in [-0.05, 0) is 59.7 Å². The van der Waals surface area contributed by atoms with Gasteiger partial charge in [0, 0.05) is 17.2 Å². The number of carbonyl (C=O) groups is 1. The molecule has 3 rings (SSSR count). The number of amides is 1. The summed E-state index contributed by atoms with van der Waals surface area (Å²) in [5.41, 5.74) is 2.72. The van der Waals surface area contributed by atoms with Gasteiger partial charge in [-0.2, -0.15) is 16.4 Å². The molecule has 7 heteroatoms. The number of benzene rings is 1. The van der Waals surface area contributed by atoms with E-state index in [-0.39, 0.29) is 11.9 Å². The second kappa shape index (κ2) is 9.30. The van der Waals surface area contributed by atoms with Gasteiger partial charge < -0.3 is 5.32 Å². The van der Waals surface area contributed by atoms with E-state index in [0.717, 1.165) is 23.2 Å². The maximum Gasteiger partial charge on any atom is 0.254 e. The Bertz CT molecular complexity index is 857. The highest BCUT2D eigenvalue weighted by atomic mass is 79.9. The lowest BCUT2D eigenvalue weighted by molar-refractivity contribution is 0.0935. The van der Waals surface area contributed by atoms with Crippen molar-refractivity contribution < 1.29 is 4.79 Å². The van der Waals surface area contributed by atoms with E-state index in [1.807, 2.05) is 24.3 Å². The summed E-state index contributed by atoms with van der Waals surface area (Å²) in [6, 6.07) is 10.1. The van der Waals surface area contributed by atoms with E-state index >= 15 is 0 Å². The minimum atomic E-state index is -0.106. The molecule has 0 spiro atoms. The predicted octanol–water partition coefficient (Wildman–Crippen LogP) is 4.51. The number of nitrogens with zero attached hydrogens (tertiary/aromatic N) is 3. The van der Waals surface area contributed by atoms with Gasteiger partial charge in [0.1, 0.15) is 0 Å². The van der Waals surface area contributed by atoms with Crippen LogP contribution in [0, 0.1) is 0 Å². The van der Waals surface area contributed by atoms with Crippen molar-refractivity contribution in [1.82, 2.24) is 20.0 Å². The number of hydrogen-bond acceptors (Lipinski definition) is 4. The average Bonchev–Trinajstić information content (AvgIpc) is 3.37. The van der Waals surface area contributed by atoms with Gasteiger partial charge in [0.15, 0.2) is 0 Å². The topological polar surface area (TPSA) is 50.2 Å². The number of halogens is 1. The molecule has 0 aliphatic rings. The molecular formula is C20H23BrN4OS. The van der Waals surface area contributed by atoms with Crippen molar-refractivity contribution in [1.29, 1.82) is 0 Å². The molecule has 0 saturated heterocycles. The standard InChI is InChI=1S/C20H23BrN4OS/c1-3-24(4-2)19(15-9-10-27-14-15)12-22-20(26)16-11-23-25(13-16)18-7-5-17(21)6-8-18/h5-11,13-14,19H,3-4,12H2,1-2H3,(H,22,26). The van der Waals surface area contributed by atoms with Gasteiger partial charge in [0.25, 0.3) is 5.91 Å². The van der Waals surface area contributed by atoms with Gasteiger partial charge in [-0.25, -0.2) is 4.68 Å². The highest BCUT2D eigenvalue weighted by Gasteiger charge is 2.20. The number of likely N-dealkylation sites (N-methyl/N-ethyl adjacent to an activating group) is 1. The van der Waals surface area contributed by atoms with Gasteiger partial charge in [0.05, 0.1) is 23.5 Å². The zero-order chi connectivity index (χ0) is 19.2. The SMILES string of the molecule is CCN(CC)C(CNC(=O)c1cnn(-c2ccc(Br)cc2)c1)c1ccsc1. The van der Waals surface area contributed by atoms with Crippen LogP contribution >= 0.6 is 27.3 Å². The fourth-order valence-corrected chi connectivity index (χ4v) is 4.02. The van der Waals surface area contributed by atoms with Crippen LogP contribution in [0.1, 0.15) is 35.8 Å². The van der Waals surface area contributed by atoms with Crippen LogP contribution in [-0.4, -0.2) is 40.2 Å². The maximum absolute atomic E-state index is 12.6. The van der Waals surface area contributed by atoms with E-state index < -0.39 is 0 Å². The number of carbonyl (C=O) groups excluding carboxylic acids is 1. The fourth-order valence-electron chi connectivity index (χ4n) is 3.05. The number of aromatic nitrogens is 2. The summed E-state index contributed by atoms with van der Waals surface area (Å²) in [5, 5.41) is 11.6. The van der Waals surface area contributed by atoms with E-state index in [1.54, 1.807) is 28.4 Å². The minimum absolute atomic E-state index is 0.106. The van der Waals surface area contributed by atoms with Crippen LogP contribution in [0.4, 0.5) is 0 Å². The number of nitrogens with one attached hydrogen (secondary N) is 1. The second-order valence-corrected chi connectivity index (χ2v) is 7.85. The number of hydrogen-bond donors (Lipinski definition) is 1. The molecule has 0 radical (unpaired) electrons. The van der Waals surface area contributed by atoms with Crippen molar-refractivity contribution in [3.05, 3.63) is 69.1 Å². The van der Waals surface area contributed by atoms with E-state index in [2.05, 4.69) is 61.9 Å². The van der Waals surface area contributed by atoms with Crippen molar-refractivity contribution in [3.63, 3.8) is 0 Å². The van der Waals surface area contributed by atoms with Crippen molar-refractivity contribution in [2.24, 2.45) is 0 Å². The predicted molar refractivity (Wildman–Crippen MR) is 114 cm³/mol. The molecule has 0 aliphatic carbocycles. The van der Waals surface area contributed by atoms with E-state index in [4.69, 9.17) is 0 Å². The smallest absolute Gasteiger partial charge is 0.254 e. The first-order valence-corrected chi connectivity index (χ1v) is 10.7. The molecule has 1 unspecified atom stereocenters. The highest BCUT2D eigenvalue weighted by molar-refractivity contribution is 9.10. The van der Waals surface area contributed by atoms with Gasteiger partial charge in [-0.15, -0.1) is 0 Å². The van der Waals surface area contributed by atoms with Crippen LogP contribution in [-0.2, 0) is 0 Å². The lowest BCUT2D eigenvalue weighted by Crippen LogP contribution is -2.37. The third kappa shape index (κ3) is 4.86. The zero-order valence-corrected chi connectivity index (χ0v) is 17.8. The molecule has 3 aromatic rings. The molecule has 0 saturated carbocycles. The molecular weight excluding hydrogens is 424 g/mol. The van der Waals surface area contributed by atoms with Crippen LogP contribution in [0.5, 0.6) is 0 Å². The van der Waals surface area contributed by atoms with Crippen LogP contribution < -0.4 is 5.32 Å². The van der Waals surface area contributed by atoms with Gasteiger partial charge in [-0.3, -0.25) is 9.69 Å². The Morgan fingerprint density at radius 1 is 1.26 bits per heavy atom. The zero-order valence-electron chi connectivity index (χ0n) is 15.4. The molecule has 2 heterocycles. The number of rotatable bonds is 8. The van der Waals surface area contributed by atoms with Gasteiger partial charge >= 0.3 is 0 Å². The average molecular weight is 447 g/mol. The largest absolute Gasteiger partial charge is 0.350 e. The molecule has 1 N–H and O–H groups in total. The lowest BCUT2D eigenvalue weighted by Gasteiger charge is -2.29. The van der Waals surface area contributed by atoms with Crippen molar-refractivity contribution in [2.45, 2.75) is 19.9 Å². The van der Waals surface area contributed by atoms with Crippen LogP contribution in [0.15, 0.2) is 58.0 Å². The summed E-state index contributed by atoms with van der Waals surface area (Å²) in [6.45, 7) is 6.74. The summed E-state index contributed by atoms with van der Waals surface area (Å²) in [6.07, 6.45) is 3.37. The molecule has 2 aromatic heterocycles. The van der Waals surface area contributed by atoms with Gasteiger partial charge in [0.2, 0.25) is 0 Å². The monoisotopic (exact) mass is 446 g/mol. The summed E-state index contributed by atoms with van der Waals surface area (Å²) < 4.78 is 2.72. The highest BCUT2D eigenvalue weighted by Crippen LogP contribution is 2.22. The first kappa shape index (κ1) is 19.8. The van der Waals surface area contributed by atoms with E-state index in [0.29, 0.717) is 12.1 Å². The quantitative estimate of drug-likeness (QED) is 0.553. The molecule has 1 aromatic carbocycles. The summed E-state index contributed by atoms with van der Waals surface area (Å²) >= 11 is 5.11. The Morgan fingerprint density at radius 3 is 2.63 bits per heavy atom. The van der Waals surface area contributed by atoms with Crippen LogP contribution in [0.3, 0.4) is 0 Å². The Morgan fingerprint density at radius 2 is 2.00 bits per heavy atom. The third-order valence-electron chi connectivity index (χ3n) is 4.57.